The zero-order valence-corrected chi connectivity index (χ0v) is 10.2. The number of hydrogen-bond donors (Lipinski definition) is 1. The Morgan fingerprint density at radius 3 is 1.71 bits per heavy atom. The molecule has 0 heterocycles. The second-order valence-electron chi connectivity index (χ2n) is 3.76. The van der Waals surface area contributed by atoms with Crippen molar-refractivity contribution in [3.8, 4) is 0 Å². The second kappa shape index (κ2) is 11.0. The number of hydrogen-bond acceptors (Lipinski definition) is 1. The fraction of sp³-hybridized carbons (Fsp3) is 0.909. The van der Waals surface area contributed by atoms with E-state index in [-0.39, 0.29) is 0 Å². The van der Waals surface area contributed by atoms with Crippen molar-refractivity contribution in [3.05, 3.63) is 0 Å². The standard InChI is InChI=1S/C11H23O2P/c12-11(13)9-7-5-3-1-2-4-6-8-10-14/h1-10,14H2,(H,12,13). The molecule has 2 nitrogen and oxygen atoms in total. The Labute approximate surface area is 89.7 Å². The van der Waals surface area contributed by atoms with Crippen LogP contribution in [0.5, 0.6) is 0 Å². The Hall–Kier alpha value is -0.100. The molecule has 0 saturated carbocycles. The highest BCUT2D eigenvalue weighted by Gasteiger charge is 1.96. The lowest BCUT2D eigenvalue weighted by atomic mass is 10.1. The third-order valence-corrected chi connectivity index (χ3v) is 2.75. The molecule has 0 aliphatic carbocycles. The van der Waals surface area contributed by atoms with Crippen molar-refractivity contribution in [2.75, 3.05) is 6.16 Å². The van der Waals surface area contributed by atoms with Crippen LogP contribution in [0.3, 0.4) is 0 Å². The highest BCUT2D eigenvalue weighted by molar-refractivity contribution is 7.16. The van der Waals surface area contributed by atoms with E-state index in [4.69, 9.17) is 5.11 Å². The van der Waals surface area contributed by atoms with E-state index in [9.17, 15) is 4.79 Å². The number of rotatable bonds is 10. The van der Waals surface area contributed by atoms with E-state index in [1.807, 2.05) is 0 Å². The van der Waals surface area contributed by atoms with Crippen LogP contribution in [0.4, 0.5) is 0 Å². The van der Waals surface area contributed by atoms with Crippen molar-refractivity contribution in [1.82, 2.24) is 0 Å². The van der Waals surface area contributed by atoms with Crippen molar-refractivity contribution in [2.45, 2.75) is 57.8 Å². The van der Waals surface area contributed by atoms with E-state index in [0.717, 1.165) is 12.8 Å². The fourth-order valence-corrected chi connectivity index (χ4v) is 1.77. The van der Waals surface area contributed by atoms with Crippen LogP contribution in [-0.4, -0.2) is 17.2 Å². The molecule has 0 aromatic carbocycles. The maximum absolute atomic E-state index is 10.2. The monoisotopic (exact) mass is 218 g/mol. The summed E-state index contributed by atoms with van der Waals surface area (Å²) in [4.78, 5) is 10.2. The summed E-state index contributed by atoms with van der Waals surface area (Å²) >= 11 is 0. The van der Waals surface area contributed by atoms with Gasteiger partial charge in [0, 0.05) is 6.42 Å². The van der Waals surface area contributed by atoms with Crippen molar-refractivity contribution >= 4 is 15.2 Å². The minimum absolute atomic E-state index is 0.340. The molecular weight excluding hydrogens is 195 g/mol. The van der Waals surface area contributed by atoms with Crippen LogP contribution in [0, 0.1) is 0 Å². The molecule has 84 valence electrons. The molecule has 1 N–H and O–H groups in total. The molecule has 0 spiro atoms. The minimum Gasteiger partial charge on any atom is -0.481 e. The summed E-state index contributed by atoms with van der Waals surface area (Å²) in [5.41, 5.74) is 0. The van der Waals surface area contributed by atoms with Gasteiger partial charge in [0.15, 0.2) is 0 Å². The number of unbranched alkanes of at least 4 members (excludes halogenated alkanes) is 7. The molecule has 0 fully saturated rings. The van der Waals surface area contributed by atoms with Gasteiger partial charge in [-0.15, -0.1) is 9.24 Å². The number of carbonyl (C=O) groups is 1. The first kappa shape index (κ1) is 13.9. The summed E-state index contributed by atoms with van der Waals surface area (Å²) in [5, 5.41) is 8.41. The summed E-state index contributed by atoms with van der Waals surface area (Å²) in [6.07, 6.45) is 11.3. The lowest BCUT2D eigenvalue weighted by Crippen LogP contribution is -1.93. The average Bonchev–Trinajstić information content (AvgIpc) is 2.15. The zero-order valence-electron chi connectivity index (χ0n) is 9.00. The highest BCUT2D eigenvalue weighted by atomic mass is 31.0. The first-order valence-electron chi connectivity index (χ1n) is 5.69. The fourth-order valence-electron chi connectivity index (χ4n) is 1.48. The Balaban J connectivity index is 2.88. The average molecular weight is 218 g/mol. The molecule has 0 aliphatic heterocycles. The lowest BCUT2D eigenvalue weighted by Gasteiger charge is -2.00. The minimum atomic E-state index is -0.662. The topological polar surface area (TPSA) is 37.3 Å². The molecule has 0 bridgehead atoms. The molecule has 14 heavy (non-hydrogen) atoms. The van der Waals surface area contributed by atoms with Gasteiger partial charge in [0.25, 0.3) is 0 Å². The van der Waals surface area contributed by atoms with E-state index in [2.05, 4.69) is 9.24 Å². The molecule has 1 atom stereocenters. The quantitative estimate of drug-likeness (QED) is 0.450. The number of carboxylic acids is 1. The maximum atomic E-state index is 10.2. The summed E-state index contributed by atoms with van der Waals surface area (Å²) in [5.74, 6) is -0.662. The van der Waals surface area contributed by atoms with Gasteiger partial charge in [-0.25, -0.2) is 0 Å². The largest absolute Gasteiger partial charge is 0.481 e. The van der Waals surface area contributed by atoms with Crippen LogP contribution in [0.1, 0.15) is 57.8 Å². The maximum Gasteiger partial charge on any atom is 0.303 e. The highest BCUT2D eigenvalue weighted by Crippen LogP contribution is 2.10. The molecule has 0 aliphatic rings. The smallest absolute Gasteiger partial charge is 0.303 e. The van der Waals surface area contributed by atoms with Gasteiger partial charge in [0.1, 0.15) is 0 Å². The first-order chi connectivity index (χ1) is 6.77. The molecule has 0 radical (unpaired) electrons. The van der Waals surface area contributed by atoms with Gasteiger partial charge >= 0.3 is 5.97 Å². The van der Waals surface area contributed by atoms with Crippen LogP contribution >= 0.6 is 9.24 Å². The normalized spacial score (nSPS) is 10.4. The van der Waals surface area contributed by atoms with Crippen LogP contribution in [0.25, 0.3) is 0 Å². The first-order valence-corrected chi connectivity index (χ1v) is 6.51. The summed E-state index contributed by atoms with van der Waals surface area (Å²) in [6, 6.07) is 0. The van der Waals surface area contributed by atoms with Gasteiger partial charge in [-0.2, -0.15) is 0 Å². The number of carboxylic acid groups (broad SMARTS) is 1. The molecular formula is C11H23O2P. The zero-order chi connectivity index (χ0) is 10.6. The van der Waals surface area contributed by atoms with E-state index < -0.39 is 5.97 Å². The molecule has 0 aromatic rings. The molecule has 1 unspecified atom stereocenters. The Morgan fingerprint density at radius 2 is 1.29 bits per heavy atom. The van der Waals surface area contributed by atoms with E-state index >= 15 is 0 Å². The van der Waals surface area contributed by atoms with Gasteiger partial charge in [-0.3, -0.25) is 4.79 Å². The molecule has 0 amide bonds. The van der Waals surface area contributed by atoms with Gasteiger partial charge in [0.05, 0.1) is 0 Å². The van der Waals surface area contributed by atoms with Crippen molar-refractivity contribution in [1.29, 1.82) is 0 Å². The van der Waals surface area contributed by atoms with Gasteiger partial charge < -0.3 is 5.11 Å². The Kier molecular flexibility index (Phi) is 10.9. The van der Waals surface area contributed by atoms with Gasteiger partial charge in [-0.1, -0.05) is 38.5 Å². The molecule has 0 rings (SSSR count). The van der Waals surface area contributed by atoms with E-state index in [1.165, 1.54) is 44.7 Å². The van der Waals surface area contributed by atoms with Gasteiger partial charge in [-0.05, 0) is 19.0 Å². The van der Waals surface area contributed by atoms with Crippen LogP contribution in [0.2, 0.25) is 0 Å². The van der Waals surface area contributed by atoms with Crippen LogP contribution in [0.15, 0.2) is 0 Å². The predicted molar refractivity (Wildman–Crippen MR) is 63.8 cm³/mol. The molecule has 0 saturated heterocycles. The third-order valence-electron chi connectivity index (χ3n) is 2.34. The molecule has 0 aromatic heterocycles. The molecule has 3 heteroatoms. The summed E-state index contributed by atoms with van der Waals surface area (Å²) < 4.78 is 0. The van der Waals surface area contributed by atoms with Crippen molar-refractivity contribution in [3.63, 3.8) is 0 Å². The number of aliphatic carboxylic acids is 1. The third kappa shape index (κ3) is 11.9. The lowest BCUT2D eigenvalue weighted by molar-refractivity contribution is -0.137. The second-order valence-corrected chi connectivity index (χ2v) is 4.34. The summed E-state index contributed by atoms with van der Waals surface area (Å²) in [7, 11) is 2.75. The van der Waals surface area contributed by atoms with Gasteiger partial charge in [0.2, 0.25) is 0 Å². The van der Waals surface area contributed by atoms with Crippen LogP contribution < -0.4 is 0 Å². The predicted octanol–water partition coefficient (Wildman–Crippen LogP) is 3.46. The summed E-state index contributed by atoms with van der Waals surface area (Å²) in [6.45, 7) is 0. The Bertz CT molecular complexity index is 137. The Morgan fingerprint density at radius 1 is 0.857 bits per heavy atom. The van der Waals surface area contributed by atoms with Crippen molar-refractivity contribution in [2.24, 2.45) is 0 Å². The van der Waals surface area contributed by atoms with Crippen molar-refractivity contribution < 1.29 is 9.90 Å². The van der Waals surface area contributed by atoms with Crippen LogP contribution in [-0.2, 0) is 4.79 Å². The SMILES string of the molecule is O=C(O)CCCCCCCCCCP. The van der Waals surface area contributed by atoms with E-state index in [0.29, 0.717) is 6.42 Å². The van der Waals surface area contributed by atoms with E-state index in [1.54, 1.807) is 0 Å².